The van der Waals surface area contributed by atoms with E-state index in [1.54, 1.807) is 6.92 Å². The Morgan fingerprint density at radius 1 is 1.57 bits per heavy atom. The van der Waals surface area contributed by atoms with Gasteiger partial charge in [0.15, 0.2) is 0 Å². The van der Waals surface area contributed by atoms with E-state index in [1.165, 1.54) is 0 Å². The van der Waals surface area contributed by atoms with Gasteiger partial charge >= 0.3 is 5.97 Å². The van der Waals surface area contributed by atoms with Gasteiger partial charge in [0.25, 0.3) is 0 Å². The molecule has 0 radical (unpaired) electrons. The van der Waals surface area contributed by atoms with Crippen LogP contribution >= 0.6 is 0 Å². The maximum atomic E-state index is 11.7. The first-order chi connectivity index (χ1) is 6.68. The van der Waals surface area contributed by atoms with E-state index in [1.807, 2.05) is 13.8 Å². The first kappa shape index (κ1) is 11.2. The summed E-state index contributed by atoms with van der Waals surface area (Å²) in [6, 6.07) is 0. The van der Waals surface area contributed by atoms with Gasteiger partial charge in [-0.15, -0.1) is 0 Å². The molecule has 0 aromatic heterocycles. The summed E-state index contributed by atoms with van der Waals surface area (Å²) in [4.78, 5) is 16.1. The van der Waals surface area contributed by atoms with Crippen LogP contribution in [0.1, 0.15) is 33.6 Å². The number of nitrogens with one attached hydrogen (secondary N) is 1. The molecule has 4 nitrogen and oxygen atoms in total. The van der Waals surface area contributed by atoms with Crippen LogP contribution in [0.25, 0.3) is 0 Å². The zero-order valence-electron chi connectivity index (χ0n) is 9.09. The van der Waals surface area contributed by atoms with Gasteiger partial charge < -0.3 is 4.74 Å². The molecule has 1 aliphatic heterocycles. The minimum absolute atomic E-state index is 0.258. The van der Waals surface area contributed by atoms with Crippen LogP contribution in [0.2, 0.25) is 0 Å². The number of carbonyl (C=O) groups excluding carboxylic acids is 1. The highest BCUT2D eigenvalue weighted by Gasteiger charge is 2.41. The topological polar surface area (TPSA) is 50.7 Å². The average molecular weight is 198 g/mol. The number of rotatable bonds is 4. The van der Waals surface area contributed by atoms with Crippen molar-refractivity contribution < 1.29 is 9.53 Å². The second kappa shape index (κ2) is 4.55. The Morgan fingerprint density at radius 2 is 2.29 bits per heavy atom. The summed E-state index contributed by atoms with van der Waals surface area (Å²) in [5.41, 5.74) is 0.237. The molecule has 0 aromatic rings. The Labute approximate surface area is 84.7 Å². The highest BCUT2D eigenvalue weighted by atomic mass is 16.5. The SMILES string of the molecule is CCOC(=O)C1(CC)N=C(CC)CN1. The Morgan fingerprint density at radius 3 is 2.71 bits per heavy atom. The summed E-state index contributed by atoms with van der Waals surface area (Å²) in [5.74, 6) is -0.258. The zero-order valence-corrected chi connectivity index (χ0v) is 9.09. The summed E-state index contributed by atoms with van der Waals surface area (Å²) in [5, 5.41) is 3.13. The lowest BCUT2D eigenvalue weighted by Crippen LogP contribution is -2.47. The smallest absolute Gasteiger partial charge is 0.349 e. The van der Waals surface area contributed by atoms with Gasteiger partial charge in [-0.05, 0) is 19.8 Å². The molecule has 4 heteroatoms. The first-order valence-corrected chi connectivity index (χ1v) is 5.18. The van der Waals surface area contributed by atoms with Crippen LogP contribution in [0.4, 0.5) is 0 Å². The summed E-state index contributed by atoms with van der Waals surface area (Å²) in [7, 11) is 0. The Balaban J connectivity index is 2.78. The number of ether oxygens (including phenoxy) is 1. The van der Waals surface area contributed by atoms with Crippen LogP contribution in [-0.2, 0) is 9.53 Å². The van der Waals surface area contributed by atoms with Crippen molar-refractivity contribution in [2.24, 2.45) is 4.99 Å². The molecule has 0 fully saturated rings. The van der Waals surface area contributed by atoms with Gasteiger partial charge in [-0.1, -0.05) is 13.8 Å². The number of aliphatic imine (C=N–C) groups is 1. The maximum Gasteiger partial charge on any atom is 0.349 e. The second-order valence-electron chi connectivity index (χ2n) is 3.32. The molecule has 1 rings (SSSR count). The first-order valence-electron chi connectivity index (χ1n) is 5.18. The number of hydrogen-bond acceptors (Lipinski definition) is 4. The summed E-state index contributed by atoms with van der Waals surface area (Å²) in [6.45, 7) is 6.88. The molecule has 1 atom stereocenters. The summed E-state index contributed by atoms with van der Waals surface area (Å²) < 4.78 is 5.00. The van der Waals surface area contributed by atoms with Crippen LogP contribution < -0.4 is 5.32 Å². The van der Waals surface area contributed by atoms with Crippen molar-refractivity contribution >= 4 is 11.7 Å². The molecular weight excluding hydrogens is 180 g/mol. The molecule has 14 heavy (non-hydrogen) atoms. The third kappa shape index (κ3) is 1.95. The van der Waals surface area contributed by atoms with E-state index >= 15 is 0 Å². The van der Waals surface area contributed by atoms with Crippen molar-refractivity contribution in [3.05, 3.63) is 0 Å². The fourth-order valence-electron chi connectivity index (χ4n) is 1.52. The Kier molecular flexibility index (Phi) is 3.63. The molecule has 0 aromatic carbocycles. The molecule has 0 saturated heterocycles. The fraction of sp³-hybridized carbons (Fsp3) is 0.800. The van der Waals surface area contributed by atoms with Gasteiger partial charge in [0.2, 0.25) is 5.66 Å². The normalized spacial score (nSPS) is 26.1. The molecular formula is C10H18N2O2. The lowest BCUT2D eigenvalue weighted by molar-refractivity contribution is -0.150. The molecule has 1 heterocycles. The standard InChI is InChI=1S/C10H18N2O2/c1-4-8-7-11-10(5-2,12-8)9(13)14-6-3/h11H,4-7H2,1-3H3. The number of carbonyl (C=O) groups is 1. The number of nitrogens with zero attached hydrogens (tertiary/aromatic N) is 1. The van der Waals surface area contributed by atoms with Crippen LogP contribution in [0, 0.1) is 0 Å². The van der Waals surface area contributed by atoms with E-state index in [9.17, 15) is 4.79 Å². The molecule has 0 saturated carbocycles. The predicted molar refractivity (Wildman–Crippen MR) is 55.4 cm³/mol. The van der Waals surface area contributed by atoms with Gasteiger partial charge in [0, 0.05) is 12.3 Å². The minimum atomic E-state index is -0.804. The van der Waals surface area contributed by atoms with Crippen LogP contribution in [0.3, 0.4) is 0 Å². The van der Waals surface area contributed by atoms with E-state index in [4.69, 9.17) is 4.74 Å². The van der Waals surface area contributed by atoms with E-state index in [0.29, 0.717) is 19.6 Å². The maximum absolute atomic E-state index is 11.7. The zero-order chi connectivity index (χ0) is 10.6. The average Bonchev–Trinajstić information content (AvgIpc) is 2.63. The van der Waals surface area contributed by atoms with Crippen LogP contribution in [0.15, 0.2) is 4.99 Å². The van der Waals surface area contributed by atoms with Gasteiger partial charge in [0.1, 0.15) is 0 Å². The molecule has 1 N–H and O–H groups in total. The molecule has 1 unspecified atom stereocenters. The third-order valence-electron chi connectivity index (χ3n) is 2.47. The quantitative estimate of drug-likeness (QED) is 0.688. The minimum Gasteiger partial charge on any atom is -0.463 e. The largest absolute Gasteiger partial charge is 0.463 e. The monoisotopic (exact) mass is 198 g/mol. The van der Waals surface area contributed by atoms with Crippen molar-refractivity contribution in [3.8, 4) is 0 Å². The Bertz CT molecular complexity index is 251. The van der Waals surface area contributed by atoms with Gasteiger partial charge in [0.05, 0.1) is 6.61 Å². The second-order valence-corrected chi connectivity index (χ2v) is 3.32. The van der Waals surface area contributed by atoms with Crippen molar-refractivity contribution in [1.29, 1.82) is 0 Å². The van der Waals surface area contributed by atoms with Crippen molar-refractivity contribution in [1.82, 2.24) is 5.32 Å². The molecule has 80 valence electrons. The predicted octanol–water partition coefficient (Wildman–Crippen LogP) is 1.11. The van der Waals surface area contributed by atoms with Gasteiger partial charge in [-0.3, -0.25) is 10.3 Å². The molecule has 1 aliphatic rings. The lowest BCUT2D eigenvalue weighted by Gasteiger charge is -2.22. The van der Waals surface area contributed by atoms with Crippen LogP contribution in [-0.4, -0.2) is 30.5 Å². The van der Waals surface area contributed by atoms with Gasteiger partial charge in [-0.2, -0.15) is 0 Å². The Hall–Kier alpha value is -0.900. The van der Waals surface area contributed by atoms with E-state index < -0.39 is 5.66 Å². The lowest BCUT2D eigenvalue weighted by atomic mass is 10.1. The van der Waals surface area contributed by atoms with Crippen molar-refractivity contribution in [2.75, 3.05) is 13.2 Å². The van der Waals surface area contributed by atoms with Crippen molar-refractivity contribution in [3.63, 3.8) is 0 Å². The van der Waals surface area contributed by atoms with E-state index in [-0.39, 0.29) is 5.97 Å². The van der Waals surface area contributed by atoms with Gasteiger partial charge in [-0.25, -0.2) is 4.79 Å². The highest BCUT2D eigenvalue weighted by molar-refractivity contribution is 5.94. The highest BCUT2D eigenvalue weighted by Crippen LogP contribution is 2.20. The number of esters is 1. The van der Waals surface area contributed by atoms with E-state index in [0.717, 1.165) is 12.1 Å². The van der Waals surface area contributed by atoms with Crippen LogP contribution in [0.5, 0.6) is 0 Å². The molecule has 0 spiro atoms. The van der Waals surface area contributed by atoms with Crippen molar-refractivity contribution in [2.45, 2.75) is 39.3 Å². The van der Waals surface area contributed by atoms with E-state index in [2.05, 4.69) is 10.3 Å². The summed E-state index contributed by atoms with van der Waals surface area (Å²) >= 11 is 0. The molecule has 0 bridgehead atoms. The third-order valence-corrected chi connectivity index (χ3v) is 2.47. The fourth-order valence-corrected chi connectivity index (χ4v) is 1.52. The summed E-state index contributed by atoms with van der Waals surface area (Å²) in [6.07, 6.45) is 1.52. The molecule has 0 aliphatic carbocycles. The number of hydrogen-bond donors (Lipinski definition) is 1. The molecule has 0 amide bonds.